The van der Waals surface area contributed by atoms with E-state index in [2.05, 4.69) is 11.9 Å². The zero-order chi connectivity index (χ0) is 29.4. The van der Waals surface area contributed by atoms with Gasteiger partial charge >= 0.3 is 0 Å². The Morgan fingerprint density at radius 2 is 1.95 bits per heavy atom. The first kappa shape index (κ1) is 30.1. The van der Waals surface area contributed by atoms with Gasteiger partial charge in [0.15, 0.2) is 0 Å². The van der Waals surface area contributed by atoms with E-state index < -0.39 is 24.2 Å². The molecule has 2 aromatic carbocycles. The number of fused-ring (bicyclic) bond motifs is 3. The van der Waals surface area contributed by atoms with Crippen molar-refractivity contribution in [2.45, 2.75) is 56.3 Å². The number of ether oxygens (including phenoxy) is 3. The van der Waals surface area contributed by atoms with Crippen LogP contribution in [0, 0.1) is 0 Å². The first-order valence-corrected chi connectivity index (χ1v) is 14.1. The molecule has 9 heteroatoms. The minimum atomic E-state index is -1.08. The van der Waals surface area contributed by atoms with Crippen molar-refractivity contribution < 1.29 is 34.0 Å². The Hall–Kier alpha value is -3.82. The minimum absolute atomic E-state index is 0.0882. The fraction of sp³-hybridized carbons (Fsp3) is 0.438. The van der Waals surface area contributed by atoms with Gasteiger partial charge in [0.1, 0.15) is 29.5 Å². The highest BCUT2D eigenvalue weighted by molar-refractivity contribution is 5.96. The van der Waals surface area contributed by atoms with E-state index in [4.69, 9.17) is 14.2 Å². The molecule has 9 nitrogen and oxygen atoms in total. The average molecular weight is 565 g/mol. The lowest BCUT2D eigenvalue weighted by Crippen LogP contribution is -2.56. The van der Waals surface area contributed by atoms with Gasteiger partial charge in [-0.15, -0.1) is 6.58 Å². The SMILES string of the molecule is C=CCCCCC(=O)N(CCc1cc(OC)ccc1OC)[C@@H]1C=C(C(=O)NCCO)[C@@H]2c3ccccc3O[C@@H]2[C@H]1O. The number of carbonyl (C=O) groups excluding carboxylic acids is 2. The van der Waals surface area contributed by atoms with Crippen molar-refractivity contribution in [3.8, 4) is 17.2 Å². The highest BCUT2D eigenvalue weighted by atomic mass is 16.5. The molecule has 0 spiro atoms. The highest BCUT2D eigenvalue weighted by Crippen LogP contribution is 2.47. The second-order valence-corrected chi connectivity index (χ2v) is 10.2. The van der Waals surface area contributed by atoms with E-state index in [1.165, 1.54) is 0 Å². The Labute approximate surface area is 241 Å². The van der Waals surface area contributed by atoms with E-state index in [0.717, 1.165) is 24.0 Å². The molecule has 0 aromatic heterocycles. The van der Waals surface area contributed by atoms with Crippen LogP contribution in [0.2, 0.25) is 0 Å². The fourth-order valence-electron chi connectivity index (χ4n) is 5.66. The molecule has 0 fully saturated rings. The molecule has 4 atom stereocenters. The van der Waals surface area contributed by atoms with Crippen LogP contribution in [-0.2, 0) is 16.0 Å². The van der Waals surface area contributed by atoms with Crippen molar-refractivity contribution in [2.75, 3.05) is 33.9 Å². The molecular weight excluding hydrogens is 524 g/mol. The Morgan fingerprint density at radius 1 is 1.15 bits per heavy atom. The van der Waals surface area contributed by atoms with Crippen molar-refractivity contribution in [3.05, 3.63) is 77.9 Å². The van der Waals surface area contributed by atoms with Gasteiger partial charge in [0, 0.05) is 30.6 Å². The quantitative estimate of drug-likeness (QED) is 0.238. The summed E-state index contributed by atoms with van der Waals surface area (Å²) in [6.07, 6.45) is 4.75. The minimum Gasteiger partial charge on any atom is -0.497 e. The number of carbonyl (C=O) groups is 2. The van der Waals surface area contributed by atoms with Crippen molar-refractivity contribution in [1.82, 2.24) is 10.2 Å². The van der Waals surface area contributed by atoms with E-state index >= 15 is 0 Å². The molecule has 1 heterocycles. The number of benzene rings is 2. The summed E-state index contributed by atoms with van der Waals surface area (Å²) in [5.74, 6) is 0.955. The topological polar surface area (TPSA) is 118 Å². The zero-order valence-electron chi connectivity index (χ0n) is 23.8. The number of unbranched alkanes of at least 4 members (excludes halogenated alkanes) is 2. The fourth-order valence-corrected chi connectivity index (χ4v) is 5.66. The third-order valence-corrected chi connectivity index (χ3v) is 7.72. The predicted molar refractivity (Wildman–Crippen MR) is 155 cm³/mol. The van der Waals surface area contributed by atoms with Gasteiger partial charge in [-0.1, -0.05) is 24.3 Å². The summed E-state index contributed by atoms with van der Waals surface area (Å²) in [4.78, 5) is 28.8. The molecule has 4 rings (SSSR count). The first-order valence-electron chi connectivity index (χ1n) is 14.1. The van der Waals surface area contributed by atoms with Gasteiger partial charge in [0.25, 0.3) is 0 Å². The summed E-state index contributed by atoms with van der Waals surface area (Å²) in [7, 11) is 3.18. The van der Waals surface area contributed by atoms with Crippen molar-refractivity contribution >= 4 is 11.8 Å². The van der Waals surface area contributed by atoms with Crippen molar-refractivity contribution in [3.63, 3.8) is 0 Å². The van der Waals surface area contributed by atoms with E-state index in [0.29, 0.717) is 42.1 Å². The lowest BCUT2D eigenvalue weighted by Gasteiger charge is -2.41. The summed E-state index contributed by atoms with van der Waals surface area (Å²) in [5.41, 5.74) is 2.07. The lowest BCUT2D eigenvalue weighted by atomic mass is 9.77. The Bertz CT molecular complexity index is 1260. The molecule has 0 saturated carbocycles. The molecule has 0 saturated heterocycles. The van der Waals surface area contributed by atoms with E-state index in [1.807, 2.05) is 48.5 Å². The summed E-state index contributed by atoms with van der Waals surface area (Å²) < 4.78 is 17.2. The van der Waals surface area contributed by atoms with Crippen LogP contribution in [-0.4, -0.2) is 79.1 Å². The molecule has 220 valence electrons. The van der Waals surface area contributed by atoms with Gasteiger partial charge < -0.3 is 34.6 Å². The monoisotopic (exact) mass is 564 g/mol. The summed E-state index contributed by atoms with van der Waals surface area (Å²) in [6.45, 7) is 3.92. The molecular formula is C32H40N2O7. The number of hydrogen-bond acceptors (Lipinski definition) is 7. The number of hydrogen-bond donors (Lipinski definition) is 3. The number of aliphatic hydroxyl groups excluding tert-OH is 2. The number of amides is 2. The van der Waals surface area contributed by atoms with Crippen LogP contribution in [0.3, 0.4) is 0 Å². The molecule has 1 aliphatic carbocycles. The van der Waals surface area contributed by atoms with Crippen LogP contribution in [0.1, 0.15) is 42.7 Å². The second-order valence-electron chi connectivity index (χ2n) is 10.2. The van der Waals surface area contributed by atoms with E-state index in [-0.39, 0.29) is 31.5 Å². The average Bonchev–Trinajstić information content (AvgIpc) is 3.39. The number of nitrogens with zero attached hydrogens (tertiary/aromatic N) is 1. The Kier molecular flexibility index (Phi) is 10.4. The van der Waals surface area contributed by atoms with Crippen LogP contribution in [0.5, 0.6) is 17.2 Å². The number of rotatable bonds is 14. The third kappa shape index (κ3) is 6.74. The molecule has 2 aliphatic rings. The normalized spacial score (nSPS) is 20.6. The van der Waals surface area contributed by atoms with Gasteiger partial charge in [-0.05, 0) is 61.6 Å². The van der Waals surface area contributed by atoms with Crippen LogP contribution in [0.4, 0.5) is 0 Å². The molecule has 2 aromatic rings. The van der Waals surface area contributed by atoms with Gasteiger partial charge in [-0.3, -0.25) is 9.59 Å². The van der Waals surface area contributed by atoms with E-state index in [1.54, 1.807) is 25.2 Å². The van der Waals surface area contributed by atoms with Crippen LogP contribution >= 0.6 is 0 Å². The van der Waals surface area contributed by atoms with Gasteiger partial charge in [0.2, 0.25) is 11.8 Å². The number of nitrogens with one attached hydrogen (secondary N) is 1. The molecule has 0 bridgehead atoms. The van der Waals surface area contributed by atoms with Gasteiger partial charge in [0.05, 0.1) is 32.8 Å². The summed E-state index contributed by atoms with van der Waals surface area (Å²) in [6, 6.07) is 12.1. The smallest absolute Gasteiger partial charge is 0.247 e. The molecule has 41 heavy (non-hydrogen) atoms. The van der Waals surface area contributed by atoms with Crippen LogP contribution < -0.4 is 19.5 Å². The van der Waals surface area contributed by atoms with Crippen LogP contribution in [0.25, 0.3) is 0 Å². The Morgan fingerprint density at radius 3 is 2.68 bits per heavy atom. The predicted octanol–water partition coefficient (Wildman–Crippen LogP) is 3.14. The molecule has 3 N–H and O–H groups in total. The third-order valence-electron chi connectivity index (χ3n) is 7.72. The highest BCUT2D eigenvalue weighted by Gasteiger charge is 2.50. The summed E-state index contributed by atoms with van der Waals surface area (Å²) in [5, 5.41) is 23.8. The number of methoxy groups -OCH3 is 2. The van der Waals surface area contributed by atoms with Crippen molar-refractivity contribution in [2.24, 2.45) is 0 Å². The number of allylic oxidation sites excluding steroid dienone is 1. The zero-order valence-corrected chi connectivity index (χ0v) is 23.8. The van der Waals surface area contributed by atoms with Gasteiger partial charge in [-0.25, -0.2) is 0 Å². The Balaban J connectivity index is 1.69. The second kappa shape index (κ2) is 14.2. The standard InChI is InChI=1S/C32H40N2O7/c1-4-5-6-7-12-28(36)34(17-15-21-19-22(39-2)13-14-26(21)40-3)25-20-24(32(38)33-16-18-35)29-23-10-8-9-11-27(23)41-31(29)30(25)37/h4,8-11,13-14,19-20,25,29-31,35,37H,1,5-7,12,15-18H2,2-3H3,(H,33,38)/t25-,29+,30+,31+/m1/s1. The maximum Gasteiger partial charge on any atom is 0.247 e. The van der Waals surface area contributed by atoms with Crippen molar-refractivity contribution in [1.29, 1.82) is 0 Å². The lowest BCUT2D eigenvalue weighted by molar-refractivity contribution is -0.137. The molecule has 0 radical (unpaired) electrons. The molecule has 2 amide bonds. The maximum atomic E-state index is 13.7. The van der Waals surface area contributed by atoms with Gasteiger partial charge in [-0.2, -0.15) is 0 Å². The first-order chi connectivity index (χ1) is 19.9. The van der Waals surface area contributed by atoms with E-state index in [9.17, 15) is 19.8 Å². The number of para-hydroxylation sites is 1. The molecule has 1 aliphatic heterocycles. The maximum absolute atomic E-state index is 13.7. The summed E-state index contributed by atoms with van der Waals surface area (Å²) >= 11 is 0. The largest absolute Gasteiger partial charge is 0.497 e. The number of aliphatic hydroxyl groups is 2. The molecule has 0 unspecified atom stereocenters. The van der Waals surface area contributed by atoms with Crippen LogP contribution in [0.15, 0.2) is 66.8 Å².